The number of fused-ring (bicyclic) bond motifs is 1. The quantitative estimate of drug-likeness (QED) is 0.380. The number of nitrogen functional groups attached to an aromatic ring is 2. The van der Waals surface area contributed by atoms with Crippen LogP contribution in [0.25, 0.3) is 10.9 Å². The van der Waals surface area contributed by atoms with Crippen LogP contribution in [0.5, 0.6) is 5.75 Å². The molecule has 0 aliphatic carbocycles. The summed E-state index contributed by atoms with van der Waals surface area (Å²) in [5, 5.41) is 15.2. The van der Waals surface area contributed by atoms with Crippen LogP contribution < -0.4 is 16.6 Å². The average molecular weight is 373 g/mol. The first kappa shape index (κ1) is 17.3. The lowest BCUT2D eigenvalue weighted by molar-refractivity contribution is 0.475. The van der Waals surface area contributed by atoms with Crippen molar-refractivity contribution in [3.05, 3.63) is 41.4 Å². The van der Waals surface area contributed by atoms with Gasteiger partial charge in [0.25, 0.3) is 0 Å². The fraction of sp³-hybridized carbons (Fsp3) is 0. The minimum absolute atomic E-state index is 0.0527. The second-order valence-corrected chi connectivity index (χ2v) is 7.26. The van der Waals surface area contributed by atoms with Crippen molar-refractivity contribution in [1.29, 1.82) is 0 Å². The normalized spacial score (nSPS) is 11.0. The molecule has 3 aromatic rings. The number of primary sulfonamides is 1. The van der Waals surface area contributed by atoms with E-state index in [0.717, 1.165) is 11.5 Å². The van der Waals surface area contributed by atoms with Gasteiger partial charge in [-0.1, -0.05) is 11.6 Å². The molecule has 2 aromatic carbocycles. The van der Waals surface area contributed by atoms with Crippen LogP contribution >= 0.6 is 23.1 Å². The molecule has 0 fully saturated rings. The average Bonchev–Trinajstić information content (AvgIpc) is 2.84. The molecule has 0 saturated heterocycles. The van der Waals surface area contributed by atoms with Crippen molar-refractivity contribution >= 4 is 54.7 Å². The predicted octanol–water partition coefficient (Wildman–Crippen LogP) is 2.15. The Labute approximate surface area is 141 Å². The Morgan fingerprint density at radius 2 is 1.83 bits per heavy atom. The number of anilines is 2. The lowest BCUT2D eigenvalue weighted by Gasteiger charge is -1.97. The number of hydrogen-bond donors (Lipinski definition) is 4. The molecule has 3 rings (SSSR count). The highest BCUT2D eigenvalue weighted by Crippen LogP contribution is 2.26. The topological polar surface area (TPSA) is 145 Å². The Kier molecular flexibility index (Phi) is 4.95. The maximum absolute atomic E-state index is 11.0. The molecule has 0 atom stereocenters. The van der Waals surface area contributed by atoms with E-state index in [4.69, 9.17) is 33.3 Å². The van der Waals surface area contributed by atoms with Crippen LogP contribution in [0.15, 0.2) is 41.3 Å². The molecule has 0 spiro atoms. The molecule has 0 unspecified atom stereocenters. The fourth-order valence-corrected chi connectivity index (χ4v) is 2.99. The second kappa shape index (κ2) is 6.59. The Morgan fingerprint density at radius 3 is 2.39 bits per heavy atom. The largest absolute Gasteiger partial charge is 0.506 e. The summed E-state index contributed by atoms with van der Waals surface area (Å²) in [7, 11) is -3.67. The van der Waals surface area contributed by atoms with Crippen molar-refractivity contribution in [1.82, 2.24) is 4.37 Å². The summed E-state index contributed by atoms with van der Waals surface area (Å²) in [6.45, 7) is 0. The summed E-state index contributed by atoms with van der Waals surface area (Å²) in [6.07, 6.45) is 0. The van der Waals surface area contributed by atoms with Gasteiger partial charge in [0.1, 0.15) is 10.8 Å². The number of halogens is 1. The number of nitrogens with two attached hydrogens (primary N) is 3. The Balaban J connectivity index is 0.000000185. The van der Waals surface area contributed by atoms with Gasteiger partial charge in [-0.25, -0.2) is 13.6 Å². The number of phenolic OH excluding ortho intramolecular Hbond substituents is 1. The molecule has 0 saturated carbocycles. The zero-order valence-electron chi connectivity index (χ0n) is 11.6. The molecule has 0 aliphatic heterocycles. The lowest BCUT2D eigenvalue weighted by atomic mass is 10.2. The van der Waals surface area contributed by atoms with Gasteiger partial charge < -0.3 is 16.6 Å². The van der Waals surface area contributed by atoms with E-state index in [9.17, 15) is 8.42 Å². The molecule has 0 bridgehead atoms. The standard InChI is InChI=1S/C7H7N3O2S2.C6H6ClNO/c8-7-5-3-4(14(9,11)12)1-2-6(5)10-13-7;7-5-3-4(8)1-2-6(5)9/h1-3H,8H2,(H2,9,11,12);1-3,9H,8H2. The molecule has 122 valence electrons. The molecule has 1 heterocycles. The van der Waals surface area contributed by atoms with Gasteiger partial charge in [0.2, 0.25) is 10.0 Å². The number of hydrogen-bond acceptors (Lipinski definition) is 7. The van der Waals surface area contributed by atoms with E-state index < -0.39 is 10.0 Å². The summed E-state index contributed by atoms with van der Waals surface area (Å²) in [5.41, 5.74) is 12.2. The number of benzene rings is 2. The summed E-state index contributed by atoms with van der Waals surface area (Å²) in [5.74, 6) is 0.0610. The van der Waals surface area contributed by atoms with E-state index in [1.54, 1.807) is 12.1 Å². The highest BCUT2D eigenvalue weighted by Gasteiger charge is 2.10. The summed E-state index contributed by atoms with van der Waals surface area (Å²) in [4.78, 5) is 0.0527. The Bertz CT molecular complexity index is 957. The zero-order chi connectivity index (χ0) is 17.2. The van der Waals surface area contributed by atoms with Gasteiger partial charge >= 0.3 is 0 Å². The smallest absolute Gasteiger partial charge is 0.238 e. The first-order valence-electron chi connectivity index (χ1n) is 6.10. The molecule has 10 heteroatoms. The number of nitrogens with zero attached hydrogens (tertiary/aromatic N) is 1. The molecular weight excluding hydrogens is 360 g/mol. The van der Waals surface area contributed by atoms with Crippen molar-refractivity contribution < 1.29 is 13.5 Å². The van der Waals surface area contributed by atoms with Gasteiger partial charge in [-0.05, 0) is 47.9 Å². The zero-order valence-corrected chi connectivity index (χ0v) is 14.0. The molecule has 7 nitrogen and oxygen atoms in total. The van der Waals surface area contributed by atoms with E-state index in [2.05, 4.69) is 4.37 Å². The summed E-state index contributed by atoms with van der Waals surface area (Å²) < 4.78 is 26.1. The third-order valence-electron chi connectivity index (χ3n) is 2.78. The summed E-state index contributed by atoms with van der Waals surface area (Å²) in [6, 6.07) is 8.97. The van der Waals surface area contributed by atoms with Crippen LogP contribution in [0.4, 0.5) is 10.7 Å². The van der Waals surface area contributed by atoms with E-state index >= 15 is 0 Å². The molecule has 0 radical (unpaired) electrons. The van der Waals surface area contributed by atoms with Crippen molar-refractivity contribution in [2.75, 3.05) is 11.5 Å². The minimum atomic E-state index is -3.67. The first-order chi connectivity index (χ1) is 10.7. The molecule has 23 heavy (non-hydrogen) atoms. The number of sulfonamides is 1. The van der Waals surface area contributed by atoms with Gasteiger partial charge in [-0.2, -0.15) is 4.37 Å². The fourth-order valence-electron chi connectivity index (χ4n) is 1.64. The SMILES string of the molecule is Nc1ccc(O)c(Cl)c1.Nc1snc2ccc(S(N)(=O)=O)cc12. The number of phenols is 1. The van der Waals surface area contributed by atoms with E-state index in [1.165, 1.54) is 24.3 Å². The second-order valence-electron chi connectivity index (χ2n) is 4.48. The van der Waals surface area contributed by atoms with Crippen LogP contribution in [0.3, 0.4) is 0 Å². The van der Waals surface area contributed by atoms with E-state index in [1.807, 2.05) is 0 Å². The van der Waals surface area contributed by atoms with Crippen LogP contribution in [-0.2, 0) is 10.0 Å². The van der Waals surface area contributed by atoms with Gasteiger partial charge in [0, 0.05) is 11.1 Å². The van der Waals surface area contributed by atoms with Crippen molar-refractivity contribution in [2.45, 2.75) is 4.90 Å². The lowest BCUT2D eigenvalue weighted by Crippen LogP contribution is -2.11. The molecule has 7 N–H and O–H groups in total. The van der Waals surface area contributed by atoms with Gasteiger partial charge in [0.15, 0.2) is 0 Å². The first-order valence-corrected chi connectivity index (χ1v) is 8.80. The Morgan fingerprint density at radius 1 is 1.13 bits per heavy atom. The van der Waals surface area contributed by atoms with Crippen LogP contribution in [0.2, 0.25) is 5.02 Å². The van der Waals surface area contributed by atoms with Gasteiger partial charge in [0.05, 0.1) is 15.4 Å². The Hall–Kier alpha value is -2.07. The highest BCUT2D eigenvalue weighted by molar-refractivity contribution is 7.89. The highest BCUT2D eigenvalue weighted by atomic mass is 35.5. The van der Waals surface area contributed by atoms with Crippen molar-refractivity contribution in [3.63, 3.8) is 0 Å². The maximum atomic E-state index is 11.0. The molecular formula is C13H13ClN4O3S2. The van der Waals surface area contributed by atoms with Crippen molar-refractivity contribution in [3.8, 4) is 5.75 Å². The van der Waals surface area contributed by atoms with Crippen LogP contribution in [0, 0.1) is 0 Å². The van der Waals surface area contributed by atoms with Crippen molar-refractivity contribution in [2.24, 2.45) is 5.14 Å². The van der Waals surface area contributed by atoms with E-state index in [-0.39, 0.29) is 15.7 Å². The number of aromatic nitrogens is 1. The monoisotopic (exact) mass is 372 g/mol. The number of aromatic hydroxyl groups is 1. The molecule has 0 amide bonds. The minimum Gasteiger partial charge on any atom is -0.506 e. The third kappa shape index (κ3) is 4.23. The molecule has 0 aliphatic rings. The third-order valence-corrected chi connectivity index (χ3v) is 4.69. The number of rotatable bonds is 1. The van der Waals surface area contributed by atoms with Crippen LogP contribution in [-0.4, -0.2) is 17.9 Å². The van der Waals surface area contributed by atoms with Gasteiger partial charge in [-0.15, -0.1) is 0 Å². The predicted molar refractivity (Wildman–Crippen MR) is 92.9 cm³/mol. The summed E-state index contributed by atoms with van der Waals surface area (Å²) >= 11 is 6.61. The maximum Gasteiger partial charge on any atom is 0.238 e. The van der Waals surface area contributed by atoms with Crippen LogP contribution in [0.1, 0.15) is 0 Å². The van der Waals surface area contributed by atoms with E-state index in [0.29, 0.717) is 21.6 Å². The van der Waals surface area contributed by atoms with Gasteiger partial charge in [-0.3, -0.25) is 0 Å². The molecule has 1 aromatic heterocycles.